The molecule has 1 aliphatic rings. The Morgan fingerprint density at radius 1 is 0.972 bits per heavy atom. The van der Waals surface area contributed by atoms with Gasteiger partial charge in [0, 0.05) is 44.0 Å². The van der Waals surface area contributed by atoms with Crippen molar-refractivity contribution >= 4 is 17.4 Å². The van der Waals surface area contributed by atoms with Gasteiger partial charge in [0.25, 0.3) is 0 Å². The number of carbonyl (C=O) groups is 2. The van der Waals surface area contributed by atoms with Crippen LogP contribution < -0.4 is 4.90 Å². The van der Waals surface area contributed by atoms with Gasteiger partial charge in [-0.25, -0.2) is 0 Å². The summed E-state index contributed by atoms with van der Waals surface area (Å²) in [6, 6.07) is 18.4. The third kappa shape index (κ3) is 7.17. The first-order chi connectivity index (χ1) is 17.2. The number of ether oxygens (including phenoxy) is 1. The topological polar surface area (TPSA) is 53.1 Å². The largest absolute Gasteiger partial charge is 0.465 e. The zero-order valence-corrected chi connectivity index (χ0v) is 22.7. The zero-order valence-electron chi connectivity index (χ0n) is 22.7. The molecule has 0 amide bonds. The van der Waals surface area contributed by atoms with Crippen LogP contribution in [0.15, 0.2) is 54.6 Å². The average Bonchev–Trinajstić information content (AvgIpc) is 2.90. The van der Waals surface area contributed by atoms with E-state index in [1.54, 1.807) is 0 Å². The van der Waals surface area contributed by atoms with E-state index >= 15 is 0 Å². The van der Waals surface area contributed by atoms with Crippen LogP contribution in [0, 0.1) is 5.92 Å². The summed E-state index contributed by atoms with van der Waals surface area (Å²) < 4.78 is 5.29. The highest BCUT2D eigenvalue weighted by molar-refractivity contribution is 6.03. The highest BCUT2D eigenvalue weighted by Crippen LogP contribution is 2.29. The van der Waals surface area contributed by atoms with Gasteiger partial charge in [-0.2, -0.15) is 0 Å². The first-order valence-corrected chi connectivity index (χ1v) is 13.2. The van der Waals surface area contributed by atoms with Gasteiger partial charge in [-0.3, -0.25) is 19.4 Å². The van der Waals surface area contributed by atoms with E-state index in [0.717, 1.165) is 50.4 Å². The zero-order chi connectivity index (χ0) is 26.1. The van der Waals surface area contributed by atoms with Crippen molar-refractivity contribution in [2.45, 2.75) is 45.6 Å². The molecule has 36 heavy (non-hydrogen) atoms. The van der Waals surface area contributed by atoms with E-state index in [2.05, 4.69) is 45.9 Å². The van der Waals surface area contributed by atoms with Crippen molar-refractivity contribution in [1.29, 1.82) is 0 Å². The molecule has 1 fully saturated rings. The first kappa shape index (κ1) is 27.9. The van der Waals surface area contributed by atoms with Gasteiger partial charge in [0.15, 0.2) is 5.78 Å². The molecule has 1 saturated heterocycles. The molecule has 6 heteroatoms. The van der Waals surface area contributed by atoms with Crippen LogP contribution in [0.2, 0.25) is 0 Å². The number of rotatable bonds is 12. The van der Waals surface area contributed by atoms with Gasteiger partial charge >= 0.3 is 5.97 Å². The highest BCUT2D eigenvalue weighted by atomic mass is 16.5. The quantitative estimate of drug-likeness (QED) is 0.320. The molecule has 0 aliphatic carbocycles. The average molecular weight is 494 g/mol. The smallest absolute Gasteiger partial charge is 0.307 e. The molecule has 0 N–H and O–H groups in total. The Bertz CT molecular complexity index is 967. The van der Waals surface area contributed by atoms with Gasteiger partial charge in [-0.1, -0.05) is 51.1 Å². The normalized spacial score (nSPS) is 16.2. The molecule has 0 aromatic heterocycles. The third-order valence-electron chi connectivity index (χ3n) is 7.28. The van der Waals surface area contributed by atoms with E-state index < -0.39 is 5.54 Å². The Balaban J connectivity index is 1.58. The number of esters is 1. The highest BCUT2D eigenvalue weighted by Gasteiger charge is 2.39. The van der Waals surface area contributed by atoms with E-state index in [9.17, 15) is 9.59 Å². The van der Waals surface area contributed by atoms with Gasteiger partial charge in [-0.15, -0.1) is 0 Å². The number of carbonyl (C=O) groups excluding carboxylic acids is 2. The summed E-state index contributed by atoms with van der Waals surface area (Å²) in [6.45, 7) is 11.0. The van der Waals surface area contributed by atoms with Gasteiger partial charge in [0.2, 0.25) is 0 Å². The minimum Gasteiger partial charge on any atom is -0.465 e. The molecule has 0 saturated carbocycles. The Kier molecular flexibility index (Phi) is 10.1. The Morgan fingerprint density at radius 2 is 1.61 bits per heavy atom. The van der Waals surface area contributed by atoms with Crippen molar-refractivity contribution in [3.63, 3.8) is 0 Å². The van der Waals surface area contributed by atoms with Crippen molar-refractivity contribution in [3.8, 4) is 0 Å². The van der Waals surface area contributed by atoms with Crippen molar-refractivity contribution in [3.05, 3.63) is 65.7 Å². The summed E-state index contributed by atoms with van der Waals surface area (Å²) >= 11 is 0. The fourth-order valence-corrected chi connectivity index (χ4v) is 4.88. The lowest BCUT2D eigenvalue weighted by molar-refractivity contribution is -0.145. The maximum absolute atomic E-state index is 13.8. The van der Waals surface area contributed by atoms with Gasteiger partial charge in [-0.05, 0) is 62.7 Å². The Hall–Kier alpha value is -2.70. The number of hydrogen-bond acceptors (Lipinski definition) is 6. The fraction of sp³-hybridized carbons (Fsp3) is 0.533. The van der Waals surface area contributed by atoms with Crippen molar-refractivity contribution in [2.75, 3.05) is 58.3 Å². The molecule has 1 aliphatic heterocycles. The number of likely N-dealkylation sites (N-methyl/N-ethyl adjacent to an activating group) is 1. The molecule has 196 valence electrons. The number of Topliss-reactive ketones (excluding diaryl/α,β-unsaturated/α-hetero) is 1. The number of benzene rings is 2. The first-order valence-electron chi connectivity index (χ1n) is 13.2. The van der Waals surface area contributed by atoms with Gasteiger partial charge in [0.1, 0.15) is 0 Å². The van der Waals surface area contributed by atoms with Crippen molar-refractivity contribution < 1.29 is 14.3 Å². The van der Waals surface area contributed by atoms with Crippen LogP contribution in [0.4, 0.5) is 5.69 Å². The summed E-state index contributed by atoms with van der Waals surface area (Å²) in [5.41, 5.74) is 2.48. The maximum Gasteiger partial charge on any atom is 0.307 e. The predicted molar refractivity (Wildman–Crippen MR) is 147 cm³/mol. The van der Waals surface area contributed by atoms with E-state index in [4.69, 9.17) is 4.74 Å². The summed E-state index contributed by atoms with van der Waals surface area (Å²) in [4.78, 5) is 32.4. The predicted octanol–water partition coefficient (Wildman–Crippen LogP) is 4.53. The molecule has 0 spiro atoms. The molecule has 0 radical (unpaired) electrons. The summed E-state index contributed by atoms with van der Waals surface area (Å²) in [5, 5.41) is 0. The van der Waals surface area contributed by atoms with Crippen LogP contribution in [0.1, 0.15) is 49.5 Å². The molecule has 1 atom stereocenters. The lowest BCUT2D eigenvalue weighted by Gasteiger charge is -2.38. The van der Waals surface area contributed by atoms with Crippen LogP contribution in [0.25, 0.3) is 0 Å². The second kappa shape index (κ2) is 13.0. The van der Waals surface area contributed by atoms with Crippen molar-refractivity contribution in [1.82, 2.24) is 9.80 Å². The third-order valence-corrected chi connectivity index (χ3v) is 7.28. The Labute approximate surface area is 217 Å². The maximum atomic E-state index is 13.8. The van der Waals surface area contributed by atoms with E-state index in [0.29, 0.717) is 25.4 Å². The lowest BCUT2D eigenvalue weighted by Crippen LogP contribution is -2.52. The summed E-state index contributed by atoms with van der Waals surface area (Å²) in [6.07, 6.45) is 1.87. The van der Waals surface area contributed by atoms with Crippen LogP contribution in [-0.2, 0) is 16.0 Å². The number of hydrogen-bond donors (Lipinski definition) is 0. The molecule has 1 unspecified atom stereocenters. The van der Waals surface area contributed by atoms with Gasteiger partial charge < -0.3 is 9.64 Å². The SMILES string of the molecule is CCC(Cc1ccccc1)(C(=O)c1ccc(N2CCN(CCC(=O)OCC(C)C)CC2)cc1)N(C)C. The molecule has 2 aromatic rings. The lowest BCUT2D eigenvalue weighted by atomic mass is 9.80. The standard InChI is InChI=1S/C30H43N3O3/c1-6-30(31(4)5,22-25-10-8-7-9-11-25)29(35)26-12-14-27(15-13-26)33-20-18-32(19-21-33)17-16-28(34)36-23-24(2)3/h7-15,24H,6,16-23H2,1-5H3. The second-order valence-corrected chi connectivity index (χ2v) is 10.5. The fourth-order valence-electron chi connectivity index (χ4n) is 4.88. The van der Waals surface area contributed by atoms with Crippen molar-refractivity contribution in [2.24, 2.45) is 5.92 Å². The number of piperazine rings is 1. The number of anilines is 1. The second-order valence-electron chi connectivity index (χ2n) is 10.5. The van der Waals surface area contributed by atoms with Gasteiger partial charge in [0.05, 0.1) is 18.6 Å². The molecule has 2 aromatic carbocycles. The van der Waals surface area contributed by atoms with Crippen LogP contribution in [0.3, 0.4) is 0 Å². The molecule has 1 heterocycles. The molecule has 6 nitrogen and oxygen atoms in total. The summed E-state index contributed by atoms with van der Waals surface area (Å²) in [7, 11) is 4.00. The number of ketones is 1. The van der Waals surface area contributed by atoms with Crippen LogP contribution in [-0.4, -0.2) is 80.5 Å². The van der Waals surface area contributed by atoms with E-state index in [1.165, 1.54) is 5.56 Å². The molecular weight excluding hydrogens is 450 g/mol. The van der Waals surface area contributed by atoms with Crippen LogP contribution >= 0.6 is 0 Å². The monoisotopic (exact) mass is 493 g/mol. The van der Waals surface area contributed by atoms with Crippen LogP contribution in [0.5, 0.6) is 0 Å². The minimum atomic E-state index is -0.579. The number of nitrogens with zero attached hydrogens (tertiary/aromatic N) is 3. The molecule has 0 bridgehead atoms. The molecular formula is C30H43N3O3. The van der Waals surface area contributed by atoms with E-state index in [1.807, 2.05) is 58.3 Å². The Morgan fingerprint density at radius 3 is 2.17 bits per heavy atom. The van der Waals surface area contributed by atoms with E-state index in [-0.39, 0.29) is 11.8 Å². The molecule has 3 rings (SSSR count). The summed E-state index contributed by atoms with van der Waals surface area (Å²) in [5.74, 6) is 0.420. The minimum absolute atomic E-state index is 0.112.